The molecule has 0 unspecified atom stereocenters. The lowest BCUT2D eigenvalue weighted by molar-refractivity contribution is -0.141. The Morgan fingerprint density at radius 1 is 1.17 bits per heavy atom. The highest BCUT2D eigenvalue weighted by molar-refractivity contribution is 5.51. The molecule has 0 radical (unpaired) electrons. The van der Waals surface area contributed by atoms with Crippen LogP contribution in [0.5, 0.6) is 0 Å². The molecule has 3 rings (SSSR count). The topological polar surface area (TPSA) is 101 Å². The molecule has 2 heterocycles. The van der Waals surface area contributed by atoms with Crippen molar-refractivity contribution in [1.29, 1.82) is 5.26 Å². The zero-order chi connectivity index (χ0) is 20.9. The summed E-state index contributed by atoms with van der Waals surface area (Å²) in [5.74, 6) is -0.208. The Morgan fingerprint density at radius 3 is 2.55 bits per heavy atom. The number of pyridine rings is 1. The number of rotatable bonds is 7. The number of halogens is 3. The van der Waals surface area contributed by atoms with Gasteiger partial charge in [-0.2, -0.15) is 23.5 Å². The van der Waals surface area contributed by atoms with Crippen LogP contribution in [-0.4, -0.2) is 21.8 Å². The number of hydrogen-bond acceptors (Lipinski definition) is 5. The van der Waals surface area contributed by atoms with E-state index in [-0.39, 0.29) is 30.3 Å². The average molecular weight is 401 g/mol. The molecule has 9 heteroatoms. The van der Waals surface area contributed by atoms with Gasteiger partial charge in [-0.25, -0.2) is 0 Å². The number of hydrogen-bond donors (Lipinski definition) is 2. The second-order valence-corrected chi connectivity index (χ2v) is 6.45. The predicted octanol–water partition coefficient (Wildman–Crippen LogP) is 3.82. The minimum atomic E-state index is -4.51. The molecule has 0 saturated carbocycles. The fourth-order valence-corrected chi connectivity index (χ4v) is 2.88. The zero-order valence-corrected chi connectivity index (χ0v) is 15.3. The second kappa shape index (κ2) is 8.75. The molecule has 150 valence electrons. The molecule has 6 nitrogen and oxygen atoms in total. The highest BCUT2D eigenvalue weighted by atomic mass is 19.4. The molecule has 0 spiro atoms. The molecule has 0 aliphatic rings. The summed E-state index contributed by atoms with van der Waals surface area (Å²) in [5, 5.41) is 15.9. The van der Waals surface area contributed by atoms with Crippen LogP contribution in [0.1, 0.15) is 34.0 Å². The van der Waals surface area contributed by atoms with E-state index in [9.17, 15) is 18.4 Å². The van der Waals surface area contributed by atoms with Crippen LogP contribution >= 0.6 is 0 Å². The van der Waals surface area contributed by atoms with Crippen molar-refractivity contribution in [1.82, 2.24) is 15.2 Å². The molecule has 0 aliphatic heterocycles. The number of H-pyrrole nitrogens is 1. The highest BCUT2D eigenvalue weighted by Crippen LogP contribution is 2.29. The third-order valence-electron chi connectivity index (χ3n) is 4.40. The van der Waals surface area contributed by atoms with Gasteiger partial charge >= 0.3 is 6.18 Å². The normalized spacial score (nSPS) is 12.5. The Kier molecular flexibility index (Phi) is 6.14. The van der Waals surface area contributed by atoms with E-state index in [2.05, 4.69) is 15.2 Å². The summed E-state index contributed by atoms with van der Waals surface area (Å²) in [5.41, 5.74) is 6.91. The van der Waals surface area contributed by atoms with Crippen molar-refractivity contribution >= 4 is 5.82 Å². The first-order chi connectivity index (χ1) is 13.9. The maximum atomic E-state index is 12.8. The van der Waals surface area contributed by atoms with Crippen LogP contribution in [0.2, 0.25) is 0 Å². The second-order valence-electron chi connectivity index (χ2n) is 6.45. The summed E-state index contributed by atoms with van der Waals surface area (Å²) < 4.78 is 44.2. The molecule has 2 aromatic heterocycles. The van der Waals surface area contributed by atoms with E-state index < -0.39 is 11.9 Å². The van der Waals surface area contributed by atoms with Crippen molar-refractivity contribution in [2.75, 3.05) is 12.3 Å². The number of nitriles is 1. The van der Waals surface area contributed by atoms with Gasteiger partial charge in [-0.3, -0.25) is 10.1 Å². The van der Waals surface area contributed by atoms with Gasteiger partial charge in [-0.05, 0) is 17.2 Å². The average Bonchev–Trinajstić information content (AvgIpc) is 3.06. The molecule has 0 bridgehead atoms. The Morgan fingerprint density at radius 2 is 1.93 bits per heavy atom. The van der Waals surface area contributed by atoms with Gasteiger partial charge in [0.25, 0.3) is 0 Å². The fourth-order valence-electron chi connectivity index (χ4n) is 2.88. The maximum Gasteiger partial charge on any atom is 0.433 e. The lowest BCUT2D eigenvalue weighted by atomic mass is 9.94. The molecule has 0 fully saturated rings. The minimum absolute atomic E-state index is 0.150. The standard InChI is InChI=1S/C20H18F3N5O/c21-20(22,23)18-7-6-14(10-26-18)15(8-17-16(9-24)19(25)28-27-17)12-29-11-13-4-2-1-3-5-13/h1-7,10,15H,8,11-12H2,(H3,25,27,28)/t15-/m1/s1. The van der Waals surface area contributed by atoms with Gasteiger partial charge < -0.3 is 10.5 Å². The smallest absolute Gasteiger partial charge is 0.383 e. The number of aromatic amines is 1. The summed E-state index contributed by atoms with van der Waals surface area (Å²) in [6, 6.07) is 13.8. The monoisotopic (exact) mass is 401 g/mol. The third-order valence-corrected chi connectivity index (χ3v) is 4.40. The first-order valence-corrected chi connectivity index (χ1v) is 8.76. The van der Waals surface area contributed by atoms with Gasteiger partial charge in [0.15, 0.2) is 0 Å². The lowest BCUT2D eigenvalue weighted by Crippen LogP contribution is -2.14. The fraction of sp³-hybridized carbons (Fsp3) is 0.250. The number of nitrogen functional groups attached to an aromatic ring is 1. The Labute approximate surface area is 165 Å². The van der Waals surface area contributed by atoms with Crippen LogP contribution in [0.3, 0.4) is 0 Å². The van der Waals surface area contributed by atoms with Gasteiger partial charge in [0, 0.05) is 18.5 Å². The van der Waals surface area contributed by atoms with Gasteiger partial charge in [0.05, 0.1) is 18.9 Å². The number of nitrogens with one attached hydrogen (secondary N) is 1. The third kappa shape index (κ3) is 5.12. The van der Waals surface area contributed by atoms with Gasteiger partial charge in [-0.1, -0.05) is 36.4 Å². The number of alkyl halides is 3. The molecular weight excluding hydrogens is 383 g/mol. The first-order valence-electron chi connectivity index (χ1n) is 8.76. The summed E-state index contributed by atoms with van der Waals surface area (Å²) >= 11 is 0. The molecule has 29 heavy (non-hydrogen) atoms. The molecule has 0 aliphatic carbocycles. The van der Waals surface area contributed by atoms with E-state index in [0.29, 0.717) is 17.9 Å². The molecule has 1 aromatic carbocycles. The van der Waals surface area contributed by atoms with Crippen LogP contribution < -0.4 is 5.73 Å². The van der Waals surface area contributed by atoms with Crippen LogP contribution in [0.4, 0.5) is 19.0 Å². The van der Waals surface area contributed by atoms with Crippen LogP contribution in [0, 0.1) is 11.3 Å². The summed E-state index contributed by atoms with van der Waals surface area (Å²) in [7, 11) is 0. The van der Waals surface area contributed by atoms with E-state index in [0.717, 1.165) is 11.6 Å². The Balaban J connectivity index is 1.79. The van der Waals surface area contributed by atoms with Crippen LogP contribution in [0.25, 0.3) is 0 Å². The van der Waals surface area contributed by atoms with Crippen LogP contribution in [0.15, 0.2) is 48.7 Å². The summed E-state index contributed by atoms with van der Waals surface area (Å²) in [4.78, 5) is 3.53. The number of aromatic nitrogens is 3. The molecule has 0 saturated heterocycles. The highest BCUT2D eigenvalue weighted by Gasteiger charge is 2.32. The SMILES string of the molecule is N#Cc1c(C[C@H](COCc2ccccc2)c2ccc(C(F)(F)F)nc2)n[nH]c1N. The number of nitrogens with zero attached hydrogens (tertiary/aromatic N) is 3. The first kappa shape index (κ1) is 20.4. The summed E-state index contributed by atoms with van der Waals surface area (Å²) in [6.07, 6.45) is -3.07. The quantitative estimate of drug-likeness (QED) is 0.627. The van der Waals surface area contributed by atoms with E-state index in [1.54, 1.807) is 0 Å². The van der Waals surface area contributed by atoms with Crippen molar-refractivity contribution in [3.8, 4) is 6.07 Å². The van der Waals surface area contributed by atoms with Crippen LogP contribution in [-0.2, 0) is 23.9 Å². The number of anilines is 1. The molecule has 0 amide bonds. The van der Waals surface area contributed by atoms with Gasteiger partial charge in [-0.15, -0.1) is 0 Å². The molecule has 3 N–H and O–H groups in total. The lowest BCUT2D eigenvalue weighted by Gasteiger charge is -2.17. The number of ether oxygens (including phenoxy) is 1. The zero-order valence-electron chi connectivity index (χ0n) is 15.3. The molecular formula is C20H18F3N5O. The van der Waals surface area contributed by atoms with E-state index >= 15 is 0 Å². The number of benzene rings is 1. The Bertz CT molecular complexity index is 978. The summed E-state index contributed by atoms with van der Waals surface area (Å²) in [6.45, 7) is 0.554. The molecule has 1 atom stereocenters. The van der Waals surface area contributed by atoms with E-state index in [1.165, 1.54) is 12.3 Å². The Hall–Kier alpha value is -3.38. The van der Waals surface area contributed by atoms with Crippen molar-refractivity contribution in [3.05, 3.63) is 76.7 Å². The van der Waals surface area contributed by atoms with Crippen molar-refractivity contribution < 1.29 is 17.9 Å². The maximum absolute atomic E-state index is 12.8. The van der Waals surface area contributed by atoms with Crippen molar-refractivity contribution in [2.24, 2.45) is 0 Å². The number of nitrogens with two attached hydrogens (primary N) is 1. The van der Waals surface area contributed by atoms with E-state index in [1.807, 2.05) is 36.4 Å². The van der Waals surface area contributed by atoms with Crippen molar-refractivity contribution in [2.45, 2.75) is 25.1 Å². The van der Waals surface area contributed by atoms with Gasteiger partial charge in [0.1, 0.15) is 23.1 Å². The largest absolute Gasteiger partial charge is 0.433 e. The van der Waals surface area contributed by atoms with Gasteiger partial charge in [0.2, 0.25) is 0 Å². The molecule has 3 aromatic rings. The predicted molar refractivity (Wildman–Crippen MR) is 99.5 cm³/mol. The minimum Gasteiger partial charge on any atom is -0.383 e. The van der Waals surface area contributed by atoms with E-state index in [4.69, 9.17) is 10.5 Å². The van der Waals surface area contributed by atoms with Crippen molar-refractivity contribution in [3.63, 3.8) is 0 Å².